The van der Waals surface area contributed by atoms with Crippen molar-refractivity contribution >= 4 is 23.4 Å². The summed E-state index contributed by atoms with van der Waals surface area (Å²) in [5, 5.41) is 9.35. The number of para-hydroxylation sites is 2. The van der Waals surface area contributed by atoms with Crippen LogP contribution in [0.1, 0.15) is 36.8 Å². The van der Waals surface area contributed by atoms with Crippen LogP contribution in [0.2, 0.25) is 0 Å². The molecule has 0 fully saturated rings. The fraction of sp³-hybridized carbons (Fsp3) is 0.227. The van der Waals surface area contributed by atoms with Gasteiger partial charge in [0.05, 0.1) is 11.3 Å². The van der Waals surface area contributed by atoms with Gasteiger partial charge in [0, 0.05) is 17.2 Å². The van der Waals surface area contributed by atoms with Crippen molar-refractivity contribution in [2.45, 2.75) is 26.2 Å². The SMILES string of the molecule is CC(C)(C)c1cc(NC(=O)COc2ccccc2C(=O)Nc2ccccc2)on1. The van der Waals surface area contributed by atoms with Gasteiger partial charge in [0.1, 0.15) is 5.75 Å². The molecule has 0 spiro atoms. The topological polar surface area (TPSA) is 93.5 Å². The van der Waals surface area contributed by atoms with E-state index in [0.717, 1.165) is 5.69 Å². The molecule has 1 aromatic heterocycles. The zero-order valence-electron chi connectivity index (χ0n) is 16.6. The number of nitrogens with zero attached hydrogens (tertiary/aromatic N) is 1. The van der Waals surface area contributed by atoms with Crippen LogP contribution in [-0.2, 0) is 10.2 Å². The molecule has 0 aliphatic rings. The zero-order chi connectivity index (χ0) is 20.9. The molecular weight excluding hydrogens is 370 g/mol. The number of amides is 2. The Hall–Kier alpha value is -3.61. The zero-order valence-corrected chi connectivity index (χ0v) is 16.6. The number of ether oxygens (including phenoxy) is 1. The maximum absolute atomic E-state index is 12.6. The van der Waals surface area contributed by atoms with Crippen LogP contribution in [0.4, 0.5) is 11.6 Å². The predicted octanol–water partition coefficient (Wildman–Crippen LogP) is 4.24. The van der Waals surface area contributed by atoms with Gasteiger partial charge in [-0.1, -0.05) is 56.3 Å². The Bertz CT molecular complexity index is 991. The number of benzene rings is 2. The van der Waals surface area contributed by atoms with Crippen LogP contribution in [0.3, 0.4) is 0 Å². The Kier molecular flexibility index (Phi) is 5.97. The fourth-order valence-electron chi connectivity index (χ4n) is 2.50. The normalized spacial score (nSPS) is 11.0. The molecule has 0 saturated heterocycles. The molecule has 150 valence electrons. The van der Waals surface area contributed by atoms with E-state index >= 15 is 0 Å². The van der Waals surface area contributed by atoms with E-state index in [2.05, 4.69) is 15.8 Å². The van der Waals surface area contributed by atoms with Crippen molar-refractivity contribution in [3.05, 3.63) is 71.9 Å². The second kappa shape index (κ2) is 8.60. The van der Waals surface area contributed by atoms with Gasteiger partial charge in [-0.2, -0.15) is 0 Å². The van der Waals surface area contributed by atoms with Crippen LogP contribution in [0, 0.1) is 0 Å². The van der Waals surface area contributed by atoms with Crippen molar-refractivity contribution in [3.8, 4) is 5.75 Å². The molecule has 1 heterocycles. The highest BCUT2D eigenvalue weighted by molar-refractivity contribution is 6.06. The van der Waals surface area contributed by atoms with E-state index in [9.17, 15) is 9.59 Å². The van der Waals surface area contributed by atoms with Crippen LogP contribution in [0.5, 0.6) is 5.75 Å². The van der Waals surface area contributed by atoms with Gasteiger partial charge in [-0.25, -0.2) is 0 Å². The summed E-state index contributed by atoms with van der Waals surface area (Å²) in [6.07, 6.45) is 0. The Labute approximate surface area is 169 Å². The van der Waals surface area contributed by atoms with Crippen molar-refractivity contribution in [2.24, 2.45) is 0 Å². The molecule has 0 saturated carbocycles. The lowest BCUT2D eigenvalue weighted by molar-refractivity contribution is -0.118. The average molecular weight is 393 g/mol. The van der Waals surface area contributed by atoms with Crippen molar-refractivity contribution in [3.63, 3.8) is 0 Å². The summed E-state index contributed by atoms with van der Waals surface area (Å²) in [4.78, 5) is 24.7. The van der Waals surface area contributed by atoms with Gasteiger partial charge in [0.25, 0.3) is 11.8 Å². The van der Waals surface area contributed by atoms with E-state index in [0.29, 0.717) is 17.0 Å². The third kappa shape index (κ3) is 5.44. The Morgan fingerprint density at radius 3 is 2.38 bits per heavy atom. The minimum atomic E-state index is -0.417. The highest BCUT2D eigenvalue weighted by Crippen LogP contribution is 2.24. The van der Waals surface area contributed by atoms with Gasteiger partial charge in [-0.15, -0.1) is 0 Å². The van der Waals surface area contributed by atoms with Gasteiger partial charge in [-0.3, -0.25) is 14.9 Å². The summed E-state index contributed by atoms with van der Waals surface area (Å²) in [5.74, 6) is -0.181. The first kappa shape index (κ1) is 20.1. The molecule has 2 N–H and O–H groups in total. The first-order valence-electron chi connectivity index (χ1n) is 9.18. The van der Waals surface area contributed by atoms with E-state index in [4.69, 9.17) is 9.26 Å². The van der Waals surface area contributed by atoms with E-state index in [1.54, 1.807) is 42.5 Å². The minimum absolute atomic E-state index is 0.186. The molecule has 3 rings (SSSR count). The van der Waals surface area contributed by atoms with Gasteiger partial charge >= 0.3 is 0 Å². The Balaban J connectivity index is 1.61. The van der Waals surface area contributed by atoms with E-state index < -0.39 is 5.91 Å². The third-order valence-electron chi connectivity index (χ3n) is 4.06. The van der Waals surface area contributed by atoms with Crippen LogP contribution < -0.4 is 15.4 Å². The molecule has 0 aliphatic carbocycles. The lowest BCUT2D eigenvalue weighted by Gasteiger charge is -2.12. The second-order valence-electron chi connectivity index (χ2n) is 7.48. The lowest BCUT2D eigenvalue weighted by atomic mass is 9.92. The maximum atomic E-state index is 12.6. The summed E-state index contributed by atoms with van der Waals surface area (Å²) in [7, 11) is 0. The lowest BCUT2D eigenvalue weighted by Crippen LogP contribution is -2.21. The number of carbonyl (C=O) groups excluding carboxylic acids is 2. The molecule has 0 bridgehead atoms. The standard InChI is InChI=1S/C22H23N3O4/c1-22(2,3)18-13-20(29-25-18)24-19(26)14-28-17-12-8-7-11-16(17)21(27)23-15-9-5-4-6-10-15/h4-13H,14H2,1-3H3,(H,23,27)(H,24,26). The number of hydrogen-bond acceptors (Lipinski definition) is 5. The van der Waals surface area contributed by atoms with E-state index in [1.807, 2.05) is 39.0 Å². The molecule has 0 aliphatic heterocycles. The summed E-state index contributed by atoms with van der Waals surface area (Å²) in [6.45, 7) is 5.71. The number of aromatic nitrogens is 1. The summed E-state index contributed by atoms with van der Waals surface area (Å²) in [6, 6.07) is 17.5. The molecule has 7 heteroatoms. The van der Waals surface area contributed by atoms with Crippen molar-refractivity contribution in [2.75, 3.05) is 17.2 Å². The Morgan fingerprint density at radius 1 is 1.00 bits per heavy atom. The third-order valence-corrected chi connectivity index (χ3v) is 4.06. The van der Waals surface area contributed by atoms with Crippen LogP contribution >= 0.6 is 0 Å². The van der Waals surface area contributed by atoms with Gasteiger partial charge < -0.3 is 14.6 Å². The highest BCUT2D eigenvalue weighted by Gasteiger charge is 2.20. The van der Waals surface area contributed by atoms with Crippen LogP contribution in [0.25, 0.3) is 0 Å². The summed E-state index contributed by atoms with van der Waals surface area (Å²) in [5.41, 5.74) is 1.55. The number of nitrogens with one attached hydrogen (secondary N) is 2. The van der Waals surface area contributed by atoms with E-state index in [-0.39, 0.29) is 23.8 Å². The predicted molar refractivity (Wildman–Crippen MR) is 110 cm³/mol. The first-order valence-corrected chi connectivity index (χ1v) is 9.18. The minimum Gasteiger partial charge on any atom is -0.483 e. The molecule has 29 heavy (non-hydrogen) atoms. The van der Waals surface area contributed by atoms with Crippen molar-refractivity contribution in [1.82, 2.24) is 5.16 Å². The molecule has 0 unspecified atom stereocenters. The van der Waals surface area contributed by atoms with Crippen molar-refractivity contribution in [1.29, 1.82) is 0 Å². The summed E-state index contributed by atoms with van der Waals surface area (Å²) < 4.78 is 10.7. The largest absolute Gasteiger partial charge is 0.483 e. The van der Waals surface area contributed by atoms with Crippen molar-refractivity contribution < 1.29 is 18.8 Å². The summed E-state index contributed by atoms with van der Waals surface area (Å²) >= 11 is 0. The monoisotopic (exact) mass is 393 g/mol. The molecule has 7 nitrogen and oxygen atoms in total. The molecule has 3 aromatic rings. The van der Waals surface area contributed by atoms with Gasteiger partial charge in [-0.05, 0) is 24.3 Å². The number of rotatable bonds is 6. The molecule has 0 atom stereocenters. The molecule has 2 aromatic carbocycles. The number of carbonyl (C=O) groups is 2. The molecule has 2 amide bonds. The smallest absolute Gasteiger partial charge is 0.264 e. The number of anilines is 2. The first-order chi connectivity index (χ1) is 13.8. The fourth-order valence-corrected chi connectivity index (χ4v) is 2.50. The maximum Gasteiger partial charge on any atom is 0.264 e. The van der Waals surface area contributed by atoms with Gasteiger partial charge in [0.15, 0.2) is 6.61 Å². The Morgan fingerprint density at radius 2 is 1.69 bits per heavy atom. The second-order valence-corrected chi connectivity index (χ2v) is 7.48. The van der Waals surface area contributed by atoms with Crippen LogP contribution in [0.15, 0.2) is 65.2 Å². The van der Waals surface area contributed by atoms with Gasteiger partial charge in [0.2, 0.25) is 5.88 Å². The number of hydrogen-bond donors (Lipinski definition) is 2. The quantitative estimate of drug-likeness (QED) is 0.653. The van der Waals surface area contributed by atoms with E-state index in [1.165, 1.54) is 0 Å². The molecular formula is C22H23N3O4. The molecule has 0 radical (unpaired) electrons. The average Bonchev–Trinajstić information content (AvgIpc) is 3.16. The highest BCUT2D eigenvalue weighted by atomic mass is 16.5. The van der Waals surface area contributed by atoms with Crippen LogP contribution in [-0.4, -0.2) is 23.6 Å².